The van der Waals surface area contributed by atoms with Crippen molar-refractivity contribution in [2.24, 2.45) is 70.5 Å². The number of esters is 6. The largest absolute Gasteiger partial charge is 0.463 e. The summed E-state index contributed by atoms with van der Waals surface area (Å²) in [4.78, 5) is 132. The number of nitrogens with one attached hydrogen (secondary N) is 2. The quantitative estimate of drug-likeness (QED) is 0.0729. The molecule has 15 aliphatic rings. The number of hydrogen-bond donors (Lipinski definition) is 2. The molecule has 6 bridgehead atoms. The van der Waals surface area contributed by atoms with Crippen LogP contribution >= 0.6 is 0 Å². The highest BCUT2D eigenvalue weighted by Crippen LogP contribution is 2.67. The van der Waals surface area contributed by atoms with Gasteiger partial charge >= 0.3 is 41.8 Å². The van der Waals surface area contributed by atoms with Crippen LogP contribution in [-0.2, 0) is 115 Å². The van der Waals surface area contributed by atoms with Gasteiger partial charge in [-0.25, -0.2) is 34.1 Å². The van der Waals surface area contributed by atoms with Gasteiger partial charge in [0.25, 0.3) is 0 Å². The van der Waals surface area contributed by atoms with Gasteiger partial charge in [0.05, 0.1) is 38.5 Å². The highest BCUT2D eigenvalue weighted by molar-refractivity contribution is 5.80. The molecule has 0 aromatic carbocycles. The molecule has 12 saturated heterocycles. The van der Waals surface area contributed by atoms with Crippen molar-refractivity contribution in [2.75, 3.05) is 26.9 Å². The maximum atomic E-state index is 13.7. The number of hydrogen-bond acceptors (Lipinski definition) is 25. The monoisotopic (exact) mass is 1290 g/mol. The SMILES string of the molecule is CNC(=O)NC(COC(=O)CCC(=O)O[C@@H]1O[C@@H]2O[C@]3(C)CC[C@H]4[C@H](C)CC[C@@H]([C@H]1C)[C@@]24OO3)(COC(=O)CCC(=O)O[C@@H]1O[C@@H]2O[C@]3(C)CC[C@H]4[C@H](C)CC[C@@H]([C@H]1C)[C@@]24OO3)COC(=O)CCC(=O)O[C@@H]1O[C@@H]2O[C@]3(C)CC[C@H]4[C@H](C)CC[C@@](C)([C@H]1C)[C@@]24OO3. The summed E-state index contributed by atoms with van der Waals surface area (Å²) in [7, 11) is 1.31. The van der Waals surface area contributed by atoms with E-state index in [1.807, 2.05) is 20.8 Å². The van der Waals surface area contributed by atoms with Gasteiger partial charge in [-0.15, -0.1) is 0 Å². The first-order valence-electron chi connectivity index (χ1n) is 33.3. The molecule has 0 unspecified atom stereocenters. The van der Waals surface area contributed by atoms with Crippen molar-refractivity contribution >= 4 is 41.8 Å². The molecule has 2 N–H and O–H groups in total. The second-order valence-corrected chi connectivity index (χ2v) is 29.4. The van der Waals surface area contributed by atoms with Crippen LogP contribution in [0.3, 0.4) is 0 Å². The smallest absolute Gasteiger partial charge is 0.315 e. The van der Waals surface area contributed by atoms with Crippen LogP contribution in [0.15, 0.2) is 0 Å². The van der Waals surface area contributed by atoms with Gasteiger partial charge in [0.15, 0.2) is 35.7 Å². The molecular formula is C64H94N2O25. The van der Waals surface area contributed by atoms with E-state index >= 15 is 0 Å². The van der Waals surface area contributed by atoms with Gasteiger partial charge in [0.1, 0.15) is 25.4 Å². The molecule has 12 heterocycles. The zero-order valence-electron chi connectivity index (χ0n) is 54.4. The lowest BCUT2D eigenvalue weighted by Crippen LogP contribution is -2.74. The predicted molar refractivity (Wildman–Crippen MR) is 304 cm³/mol. The lowest BCUT2D eigenvalue weighted by molar-refractivity contribution is -0.586. The lowest BCUT2D eigenvalue weighted by atomic mass is 9.50. The van der Waals surface area contributed by atoms with Crippen molar-refractivity contribution < 1.29 is 120 Å². The minimum Gasteiger partial charge on any atom is -0.463 e. The van der Waals surface area contributed by atoms with Gasteiger partial charge in [0, 0.05) is 61.3 Å². The van der Waals surface area contributed by atoms with Gasteiger partial charge in [-0.1, -0.05) is 48.5 Å². The summed E-state index contributed by atoms with van der Waals surface area (Å²) < 4.78 is 73.4. The van der Waals surface area contributed by atoms with Crippen LogP contribution in [0.1, 0.15) is 185 Å². The Bertz CT molecular complexity index is 2680. The molecule has 27 nitrogen and oxygen atoms in total. The highest BCUT2D eigenvalue weighted by Gasteiger charge is 2.76. The number of carbonyl (C=O) groups is 7. The third kappa shape index (κ3) is 11.9. The minimum absolute atomic E-state index is 0.0544. The van der Waals surface area contributed by atoms with E-state index in [-0.39, 0.29) is 47.3 Å². The molecule has 3 spiro atoms. The average Bonchev–Trinajstić information content (AvgIpc) is 1.70. The summed E-state index contributed by atoms with van der Waals surface area (Å²) in [6.45, 7) is 17.5. The van der Waals surface area contributed by atoms with Crippen molar-refractivity contribution in [1.82, 2.24) is 10.6 Å². The fourth-order valence-corrected chi connectivity index (χ4v) is 17.9. The zero-order chi connectivity index (χ0) is 64.8. The first-order chi connectivity index (χ1) is 43.1. The normalized spacial score (nSPS) is 45.6. The second-order valence-electron chi connectivity index (χ2n) is 29.4. The summed E-state index contributed by atoms with van der Waals surface area (Å²) in [5.41, 5.74) is -5.32. The Morgan fingerprint density at radius 1 is 0.429 bits per heavy atom. The average molecular weight is 1290 g/mol. The molecule has 15 rings (SSSR count). The van der Waals surface area contributed by atoms with Crippen molar-refractivity contribution in [1.29, 1.82) is 0 Å². The van der Waals surface area contributed by atoms with Crippen LogP contribution in [0.2, 0.25) is 0 Å². The van der Waals surface area contributed by atoms with E-state index in [2.05, 4.69) is 38.3 Å². The number of amides is 2. The van der Waals surface area contributed by atoms with Crippen LogP contribution in [0, 0.1) is 70.5 Å². The predicted octanol–water partition coefficient (Wildman–Crippen LogP) is 7.27. The van der Waals surface area contributed by atoms with E-state index in [1.165, 1.54) is 7.05 Å². The fourth-order valence-electron chi connectivity index (χ4n) is 17.9. The second kappa shape index (κ2) is 25.0. The van der Waals surface area contributed by atoms with Gasteiger partial charge in [-0.3, -0.25) is 28.8 Å². The van der Waals surface area contributed by atoms with Crippen LogP contribution < -0.4 is 10.6 Å². The lowest BCUT2D eigenvalue weighted by Gasteiger charge is -2.65. The number of rotatable bonds is 19. The summed E-state index contributed by atoms with van der Waals surface area (Å²) in [6, 6.07) is -0.857. The maximum absolute atomic E-state index is 13.7. The van der Waals surface area contributed by atoms with Gasteiger partial charge in [0.2, 0.25) is 36.2 Å². The Morgan fingerprint density at radius 3 is 1.26 bits per heavy atom. The molecule has 0 radical (unpaired) electrons. The van der Waals surface area contributed by atoms with Gasteiger partial charge in [-0.05, 0) is 114 Å². The van der Waals surface area contributed by atoms with E-state index in [0.717, 1.165) is 57.8 Å². The summed E-state index contributed by atoms with van der Waals surface area (Å²) in [5, 5.41) is 5.02. The zero-order valence-corrected chi connectivity index (χ0v) is 54.4. The molecule has 3 saturated carbocycles. The number of fused-ring (bicyclic) bond motifs is 6. The van der Waals surface area contributed by atoms with Crippen LogP contribution in [-0.4, -0.2) is 146 Å². The van der Waals surface area contributed by atoms with E-state index in [1.54, 1.807) is 20.8 Å². The van der Waals surface area contributed by atoms with Crippen molar-refractivity contribution in [3.8, 4) is 0 Å². The van der Waals surface area contributed by atoms with Crippen molar-refractivity contribution in [2.45, 2.75) is 262 Å². The minimum atomic E-state index is -2.00. The molecule has 27 heteroatoms. The van der Waals surface area contributed by atoms with E-state index in [4.69, 9.17) is 86.2 Å². The van der Waals surface area contributed by atoms with Crippen molar-refractivity contribution in [3.63, 3.8) is 0 Å². The highest BCUT2D eigenvalue weighted by atomic mass is 17.3. The number of urea groups is 1. The molecule has 0 aromatic heterocycles. The third-order valence-corrected chi connectivity index (χ3v) is 23.6. The molecule has 91 heavy (non-hydrogen) atoms. The molecular weight excluding hydrogens is 1200 g/mol. The van der Waals surface area contributed by atoms with Gasteiger partial charge < -0.3 is 67.5 Å². The van der Waals surface area contributed by atoms with E-state index in [0.29, 0.717) is 37.0 Å². The Kier molecular flexibility index (Phi) is 18.3. The topological polar surface area (TPSA) is 310 Å². The first kappa shape index (κ1) is 66.6. The molecule has 3 aliphatic carbocycles. The summed E-state index contributed by atoms with van der Waals surface area (Å²) >= 11 is 0. The van der Waals surface area contributed by atoms with E-state index < -0.39 is 183 Å². The number of ether oxygens (including phenoxy) is 12. The molecule has 24 atom stereocenters. The standard InChI is InChI=1S/C64H94N2O25/c1-33-12-14-42-36(4)50(80-53-62(42)39(33)23-27-58(8,83-53)86-89-62)77-47(70)19-16-44(67)74-30-61(66-56(73)65-11,31-75-45(68)17-20-48(71)78-51-37(5)43-15-13-34(2)40-24-28-59(9)84-54(81-51)63(40,43)90-87-59)32-76-46(69)18-21-49(72)79-52-38(6)57(7)26-22-35(3)41-25-29-60(10)85-55(82-52)64(41,57)91-88-60/h33-43,50-55H,12-32H2,1-11H3,(H2,65,66,73)/t33-,34-,35-,36-,37-,38+,39+,40+,41+,42+,43+,50-,51-,52-,53-,54-,55-,57+,58+,59+,60+,62-,63-,64+/m1/s1. The van der Waals surface area contributed by atoms with Crippen molar-refractivity contribution in [3.05, 3.63) is 0 Å². The van der Waals surface area contributed by atoms with E-state index in [9.17, 15) is 33.6 Å². The molecule has 0 aromatic rings. The Morgan fingerprint density at radius 2 is 0.813 bits per heavy atom. The first-order valence-corrected chi connectivity index (χ1v) is 33.3. The molecule has 12 aliphatic heterocycles. The molecule has 2 amide bonds. The van der Waals surface area contributed by atoms with Crippen LogP contribution in [0.25, 0.3) is 0 Å². The Labute approximate surface area is 530 Å². The third-order valence-electron chi connectivity index (χ3n) is 23.6. The molecule has 510 valence electrons. The maximum Gasteiger partial charge on any atom is 0.315 e. The fraction of sp³-hybridized carbons (Fsp3) is 0.891. The molecule has 15 fully saturated rings. The summed E-state index contributed by atoms with van der Waals surface area (Å²) in [5.74, 6) is -8.45. The number of carbonyl (C=O) groups excluding carboxylic acids is 7. The van der Waals surface area contributed by atoms with Crippen LogP contribution in [0.5, 0.6) is 0 Å². The Hall–Kier alpha value is -4.39. The van der Waals surface area contributed by atoms with Gasteiger partial charge in [-0.2, -0.15) is 0 Å². The summed E-state index contributed by atoms with van der Waals surface area (Å²) in [6.07, 6.45) is 0.550. The van der Waals surface area contributed by atoms with Crippen LogP contribution in [0.4, 0.5) is 4.79 Å². The Balaban J connectivity index is 0.682.